The van der Waals surface area contributed by atoms with Gasteiger partial charge < -0.3 is 10.1 Å². The van der Waals surface area contributed by atoms with E-state index in [0.717, 1.165) is 5.71 Å². The summed E-state index contributed by atoms with van der Waals surface area (Å²) in [4.78, 5) is 11.4. The van der Waals surface area contributed by atoms with E-state index in [1.54, 1.807) is 6.07 Å². The number of carbonyl (C=O) groups is 1. The van der Waals surface area contributed by atoms with Gasteiger partial charge in [-0.15, -0.1) is 0 Å². The normalized spacial score (nSPS) is 26.2. The summed E-state index contributed by atoms with van der Waals surface area (Å²) in [5, 5.41) is 7.41. The minimum absolute atomic E-state index is 0.0806. The van der Waals surface area contributed by atoms with E-state index in [1.165, 1.54) is 12.1 Å². The van der Waals surface area contributed by atoms with Gasteiger partial charge in [-0.05, 0) is 17.7 Å². The average Bonchev–Trinajstić information content (AvgIpc) is 2.75. The third-order valence-corrected chi connectivity index (χ3v) is 3.98. The van der Waals surface area contributed by atoms with Gasteiger partial charge in [0.05, 0.1) is 29.9 Å². The van der Waals surface area contributed by atoms with Crippen LogP contribution >= 0.6 is 11.6 Å². The lowest BCUT2D eigenvalue weighted by Crippen LogP contribution is -2.30. The van der Waals surface area contributed by atoms with Gasteiger partial charge in [-0.2, -0.15) is 5.10 Å². The van der Waals surface area contributed by atoms with Gasteiger partial charge in [-0.3, -0.25) is 4.79 Å². The van der Waals surface area contributed by atoms with E-state index < -0.39 is 5.82 Å². The summed E-state index contributed by atoms with van der Waals surface area (Å²) < 4.78 is 19.6. The molecule has 2 heterocycles. The van der Waals surface area contributed by atoms with Crippen LogP contribution in [0.5, 0.6) is 0 Å². The van der Waals surface area contributed by atoms with E-state index in [0.29, 0.717) is 25.3 Å². The average molecular weight is 312 g/mol. The fraction of sp³-hybridized carbons (Fsp3) is 0.429. The monoisotopic (exact) mass is 311 g/mol. The second-order valence-electron chi connectivity index (χ2n) is 5.09. The molecule has 2 aliphatic rings. The Labute approximate surface area is 126 Å². The molecule has 2 N–H and O–H groups in total. The van der Waals surface area contributed by atoms with Crippen LogP contribution in [0.3, 0.4) is 0 Å². The van der Waals surface area contributed by atoms with Crippen molar-refractivity contribution in [1.82, 2.24) is 10.7 Å². The first-order valence-electron chi connectivity index (χ1n) is 6.77. The number of halogens is 2. The van der Waals surface area contributed by atoms with Gasteiger partial charge >= 0.3 is 0 Å². The highest BCUT2D eigenvalue weighted by atomic mass is 35.5. The van der Waals surface area contributed by atoms with Gasteiger partial charge in [0.1, 0.15) is 5.82 Å². The molecule has 5 nitrogen and oxygen atoms in total. The molecular weight excluding hydrogens is 297 g/mol. The molecule has 7 heteroatoms. The second-order valence-corrected chi connectivity index (χ2v) is 5.50. The van der Waals surface area contributed by atoms with E-state index in [2.05, 4.69) is 15.8 Å². The van der Waals surface area contributed by atoms with Crippen LogP contribution in [0.15, 0.2) is 23.3 Å². The molecule has 1 fully saturated rings. The quantitative estimate of drug-likeness (QED) is 0.872. The SMILES string of the molecule is O=C1CC([C@@H]2CNCCO[C@H]2c2ccc(Cl)c(F)c2)=NN1. The summed E-state index contributed by atoms with van der Waals surface area (Å²) in [5.41, 5.74) is 3.88. The molecule has 1 saturated heterocycles. The smallest absolute Gasteiger partial charge is 0.245 e. The fourth-order valence-electron chi connectivity index (χ4n) is 2.64. The lowest BCUT2D eigenvalue weighted by atomic mass is 9.90. The number of amides is 1. The molecule has 2 aliphatic heterocycles. The summed E-state index contributed by atoms with van der Waals surface area (Å²) in [5.74, 6) is -0.724. The predicted octanol–water partition coefficient (Wildman–Crippen LogP) is 1.63. The minimum atomic E-state index is -0.476. The molecule has 0 aromatic heterocycles. The van der Waals surface area contributed by atoms with Crippen LogP contribution in [-0.4, -0.2) is 31.3 Å². The molecular formula is C14H15ClFN3O2. The molecule has 0 unspecified atom stereocenters. The molecule has 0 bridgehead atoms. The topological polar surface area (TPSA) is 62.7 Å². The molecule has 3 rings (SSSR count). The third-order valence-electron chi connectivity index (χ3n) is 3.67. The number of hydrogen-bond donors (Lipinski definition) is 2. The molecule has 0 aliphatic carbocycles. The first kappa shape index (κ1) is 14.4. The van der Waals surface area contributed by atoms with E-state index in [-0.39, 0.29) is 29.4 Å². The van der Waals surface area contributed by atoms with Crippen molar-refractivity contribution in [3.8, 4) is 0 Å². The van der Waals surface area contributed by atoms with Gasteiger partial charge in [0, 0.05) is 19.0 Å². The maximum absolute atomic E-state index is 13.7. The van der Waals surface area contributed by atoms with Crippen LogP contribution in [-0.2, 0) is 9.53 Å². The molecule has 2 atom stereocenters. The summed E-state index contributed by atoms with van der Waals surface area (Å²) in [6, 6.07) is 4.65. The van der Waals surface area contributed by atoms with Crippen molar-refractivity contribution in [2.24, 2.45) is 11.0 Å². The standard InChI is InChI=1S/C14H15ClFN3O2/c15-10-2-1-8(5-11(10)16)14-9(7-17-3-4-21-14)12-6-13(20)19-18-12/h1-2,5,9,14,17H,3-4,6-7H2,(H,19,20)/t9-,14-/m0/s1. The van der Waals surface area contributed by atoms with Crippen molar-refractivity contribution < 1.29 is 13.9 Å². The summed E-state index contributed by atoms with van der Waals surface area (Å²) in [6.07, 6.45) is -0.0966. The Morgan fingerprint density at radius 1 is 1.43 bits per heavy atom. The largest absolute Gasteiger partial charge is 0.371 e. The van der Waals surface area contributed by atoms with Crippen LogP contribution in [0.1, 0.15) is 18.1 Å². The number of ether oxygens (including phenoxy) is 1. The summed E-state index contributed by atoms with van der Waals surface area (Å²) in [6.45, 7) is 1.85. The van der Waals surface area contributed by atoms with E-state index >= 15 is 0 Å². The highest BCUT2D eigenvalue weighted by Gasteiger charge is 2.33. The second kappa shape index (κ2) is 6.09. The Kier molecular flexibility index (Phi) is 4.19. The number of benzene rings is 1. The van der Waals surface area contributed by atoms with Gasteiger partial charge in [-0.25, -0.2) is 9.82 Å². The molecule has 112 valence electrons. The zero-order chi connectivity index (χ0) is 14.8. The molecule has 1 aromatic carbocycles. The third kappa shape index (κ3) is 3.07. The number of nitrogens with one attached hydrogen (secondary N) is 2. The first-order chi connectivity index (χ1) is 10.1. The Morgan fingerprint density at radius 2 is 2.29 bits per heavy atom. The zero-order valence-corrected chi connectivity index (χ0v) is 12.0. The van der Waals surface area contributed by atoms with Crippen molar-refractivity contribution >= 4 is 23.2 Å². The van der Waals surface area contributed by atoms with E-state index in [9.17, 15) is 9.18 Å². The maximum atomic E-state index is 13.7. The maximum Gasteiger partial charge on any atom is 0.245 e. The molecule has 0 saturated carbocycles. The van der Waals surface area contributed by atoms with Crippen molar-refractivity contribution in [2.45, 2.75) is 12.5 Å². The lowest BCUT2D eigenvalue weighted by Gasteiger charge is -2.24. The highest BCUT2D eigenvalue weighted by molar-refractivity contribution is 6.30. The predicted molar refractivity (Wildman–Crippen MR) is 76.7 cm³/mol. The van der Waals surface area contributed by atoms with Crippen molar-refractivity contribution in [1.29, 1.82) is 0 Å². The molecule has 0 spiro atoms. The Hall–Kier alpha value is -1.50. The number of carbonyl (C=O) groups excluding carboxylic acids is 1. The molecule has 1 aromatic rings. The van der Waals surface area contributed by atoms with Crippen molar-refractivity contribution in [3.05, 3.63) is 34.6 Å². The summed E-state index contributed by atoms with van der Waals surface area (Å²) >= 11 is 5.73. The number of hydrazone groups is 1. The van der Waals surface area contributed by atoms with Gasteiger partial charge in [0.2, 0.25) is 5.91 Å². The van der Waals surface area contributed by atoms with E-state index in [1.807, 2.05) is 0 Å². The number of nitrogens with zero attached hydrogens (tertiary/aromatic N) is 1. The van der Waals surface area contributed by atoms with Crippen LogP contribution in [0.2, 0.25) is 5.02 Å². The van der Waals surface area contributed by atoms with Gasteiger partial charge in [0.25, 0.3) is 0 Å². The van der Waals surface area contributed by atoms with Crippen LogP contribution < -0.4 is 10.7 Å². The Balaban J connectivity index is 1.91. The zero-order valence-electron chi connectivity index (χ0n) is 11.2. The van der Waals surface area contributed by atoms with Crippen LogP contribution in [0, 0.1) is 11.7 Å². The Bertz CT molecular complexity index is 594. The lowest BCUT2D eigenvalue weighted by molar-refractivity contribution is -0.119. The first-order valence-corrected chi connectivity index (χ1v) is 7.15. The van der Waals surface area contributed by atoms with Crippen molar-refractivity contribution in [2.75, 3.05) is 19.7 Å². The van der Waals surface area contributed by atoms with Gasteiger partial charge in [-0.1, -0.05) is 17.7 Å². The number of hydrogen-bond acceptors (Lipinski definition) is 4. The van der Waals surface area contributed by atoms with Crippen LogP contribution in [0.25, 0.3) is 0 Å². The molecule has 21 heavy (non-hydrogen) atoms. The highest BCUT2D eigenvalue weighted by Crippen LogP contribution is 2.31. The number of rotatable bonds is 2. The molecule has 0 radical (unpaired) electrons. The van der Waals surface area contributed by atoms with Gasteiger partial charge in [0.15, 0.2) is 0 Å². The molecule has 1 amide bonds. The Morgan fingerprint density at radius 3 is 3.00 bits per heavy atom. The van der Waals surface area contributed by atoms with Crippen LogP contribution in [0.4, 0.5) is 4.39 Å². The van der Waals surface area contributed by atoms with E-state index in [4.69, 9.17) is 16.3 Å². The summed E-state index contributed by atoms with van der Waals surface area (Å²) in [7, 11) is 0. The fourth-order valence-corrected chi connectivity index (χ4v) is 2.76. The minimum Gasteiger partial charge on any atom is -0.371 e. The van der Waals surface area contributed by atoms with Crippen molar-refractivity contribution in [3.63, 3.8) is 0 Å².